The van der Waals surface area contributed by atoms with Crippen molar-refractivity contribution in [3.05, 3.63) is 35.9 Å². The fourth-order valence-electron chi connectivity index (χ4n) is 2.81. The van der Waals surface area contributed by atoms with Gasteiger partial charge in [-0.1, -0.05) is 37.3 Å². The summed E-state index contributed by atoms with van der Waals surface area (Å²) in [5.41, 5.74) is 0.772. The fraction of sp³-hybridized carbons (Fsp3) is 0.588. The maximum Gasteiger partial charge on any atom is 0.221 e. The van der Waals surface area contributed by atoms with Gasteiger partial charge in [0.1, 0.15) is 0 Å². The molecule has 1 saturated carbocycles. The molecule has 0 radical (unpaired) electrons. The Morgan fingerprint density at radius 2 is 2.05 bits per heavy atom. The molecule has 110 valence electrons. The molecule has 0 spiro atoms. The largest absolute Gasteiger partial charge is 0.394 e. The van der Waals surface area contributed by atoms with Gasteiger partial charge in [0.25, 0.3) is 0 Å². The van der Waals surface area contributed by atoms with E-state index in [0.717, 1.165) is 19.3 Å². The lowest BCUT2D eigenvalue weighted by molar-refractivity contribution is -0.124. The molecule has 1 amide bonds. The molecule has 0 saturated heterocycles. The Bertz CT molecular complexity index is 442. The Morgan fingerprint density at radius 1 is 1.40 bits per heavy atom. The predicted octanol–water partition coefficient (Wildman–Crippen LogP) is 2.85. The number of rotatable bonds is 7. The Labute approximate surface area is 121 Å². The first-order valence-electron chi connectivity index (χ1n) is 7.56. The molecular weight excluding hydrogens is 250 g/mol. The molecule has 1 aliphatic carbocycles. The van der Waals surface area contributed by atoms with Crippen LogP contribution in [0.3, 0.4) is 0 Å². The van der Waals surface area contributed by atoms with E-state index < -0.39 is 5.54 Å². The third kappa shape index (κ3) is 3.60. The van der Waals surface area contributed by atoms with E-state index in [9.17, 15) is 9.90 Å². The summed E-state index contributed by atoms with van der Waals surface area (Å²) < 4.78 is 0. The van der Waals surface area contributed by atoms with Crippen molar-refractivity contribution in [2.75, 3.05) is 6.61 Å². The number of aliphatic hydroxyl groups is 1. The highest BCUT2D eigenvalue weighted by Gasteiger charge is 2.42. The number of aliphatic hydroxyl groups excluding tert-OH is 1. The van der Waals surface area contributed by atoms with E-state index in [2.05, 4.69) is 24.4 Å². The number of nitrogens with one attached hydrogen (secondary N) is 1. The van der Waals surface area contributed by atoms with Crippen LogP contribution in [0.25, 0.3) is 0 Å². The lowest BCUT2D eigenvalue weighted by Crippen LogP contribution is -2.51. The van der Waals surface area contributed by atoms with Crippen LogP contribution >= 0.6 is 0 Å². The molecule has 1 fully saturated rings. The van der Waals surface area contributed by atoms with Crippen LogP contribution in [0, 0.1) is 5.92 Å². The smallest absolute Gasteiger partial charge is 0.221 e. The topological polar surface area (TPSA) is 49.3 Å². The van der Waals surface area contributed by atoms with Crippen molar-refractivity contribution >= 4 is 5.91 Å². The molecule has 3 heteroatoms. The third-order valence-corrected chi connectivity index (χ3v) is 4.43. The van der Waals surface area contributed by atoms with Crippen LogP contribution in [-0.2, 0) is 4.79 Å². The minimum Gasteiger partial charge on any atom is -0.394 e. The summed E-state index contributed by atoms with van der Waals surface area (Å²) in [6, 6.07) is 10.2. The summed E-state index contributed by atoms with van der Waals surface area (Å²) in [5.74, 6) is 0.732. The predicted molar refractivity (Wildman–Crippen MR) is 80.4 cm³/mol. The maximum atomic E-state index is 12.3. The summed E-state index contributed by atoms with van der Waals surface area (Å²) in [5, 5.41) is 12.6. The summed E-state index contributed by atoms with van der Waals surface area (Å²) in [7, 11) is 0. The number of carbonyl (C=O) groups excluding carboxylic acids is 1. The van der Waals surface area contributed by atoms with E-state index in [-0.39, 0.29) is 18.4 Å². The van der Waals surface area contributed by atoms with Gasteiger partial charge in [-0.2, -0.15) is 0 Å². The molecular formula is C17H25NO2. The second-order valence-corrected chi connectivity index (χ2v) is 6.12. The summed E-state index contributed by atoms with van der Waals surface area (Å²) in [6.45, 7) is 4.08. The van der Waals surface area contributed by atoms with Crippen molar-refractivity contribution in [3.8, 4) is 0 Å². The van der Waals surface area contributed by atoms with Gasteiger partial charge in [0.15, 0.2) is 0 Å². The molecule has 3 nitrogen and oxygen atoms in total. The van der Waals surface area contributed by atoms with E-state index >= 15 is 0 Å². The molecule has 2 rings (SSSR count). The molecule has 2 N–H and O–H groups in total. The van der Waals surface area contributed by atoms with Crippen molar-refractivity contribution in [3.63, 3.8) is 0 Å². The maximum absolute atomic E-state index is 12.3. The number of hydrogen-bond acceptors (Lipinski definition) is 2. The van der Waals surface area contributed by atoms with Crippen molar-refractivity contribution in [2.24, 2.45) is 5.92 Å². The van der Waals surface area contributed by atoms with Gasteiger partial charge in [-0.05, 0) is 43.6 Å². The first-order chi connectivity index (χ1) is 9.59. The van der Waals surface area contributed by atoms with Gasteiger partial charge in [-0.15, -0.1) is 0 Å². The summed E-state index contributed by atoms with van der Waals surface area (Å²) in [4.78, 5) is 12.3. The molecule has 2 atom stereocenters. The Morgan fingerprint density at radius 3 is 2.55 bits per heavy atom. The average Bonchev–Trinajstić information content (AvgIpc) is 3.30. The van der Waals surface area contributed by atoms with Crippen LogP contribution in [-0.4, -0.2) is 23.2 Å². The Kier molecular flexibility index (Phi) is 4.81. The molecule has 1 aromatic rings. The van der Waals surface area contributed by atoms with E-state index in [1.165, 1.54) is 5.56 Å². The zero-order valence-corrected chi connectivity index (χ0v) is 12.4. The second-order valence-electron chi connectivity index (χ2n) is 6.12. The zero-order chi connectivity index (χ0) is 14.6. The highest BCUT2D eigenvalue weighted by molar-refractivity contribution is 5.77. The van der Waals surface area contributed by atoms with Crippen molar-refractivity contribution < 1.29 is 9.90 Å². The van der Waals surface area contributed by atoms with Gasteiger partial charge in [0.05, 0.1) is 12.1 Å². The second kappa shape index (κ2) is 6.40. The van der Waals surface area contributed by atoms with Crippen molar-refractivity contribution in [2.45, 2.75) is 51.0 Å². The highest BCUT2D eigenvalue weighted by Crippen LogP contribution is 2.39. The van der Waals surface area contributed by atoms with Gasteiger partial charge in [0, 0.05) is 6.42 Å². The van der Waals surface area contributed by atoms with Crippen molar-refractivity contribution in [1.82, 2.24) is 5.32 Å². The lowest BCUT2D eigenvalue weighted by atomic mass is 9.91. The van der Waals surface area contributed by atoms with Gasteiger partial charge in [-0.3, -0.25) is 4.79 Å². The molecule has 0 aliphatic heterocycles. The number of benzene rings is 1. The lowest BCUT2D eigenvalue weighted by Gasteiger charge is -2.29. The van der Waals surface area contributed by atoms with Gasteiger partial charge in [0.2, 0.25) is 5.91 Å². The third-order valence-electron chi connectivity index (χ3n) is 4.43. The summed E-state index contributed by atoms with van der Waals surface area (Å²) >= 11 is 0. The van der Waals surface area contributed by atoms with E-state index in [0.29, 0.717) is 12.3 Å². The Hall–Kier alpha value is -1.35. The van der Waals surface area contributed by atoms with Crippen LogP contribution in [0.4, 0.5) is 0 Å². The molecule has 0 bridgehead atoms. The standard InChI is InChI=1S/C17H25NO2/c1-3-13(14-7-5-4-6-8-14)11-16(20)18-17(2,12-19)15-9-10-15/h4-8,13,15,19H,3,9-12H2,1-2H3,(H,18,20). The van der Waals surface area contributed by atoms with Gasteiger partial charge < -0.3 is 10.4 Å². The quantitative estimate of drug-likeness (QED) is 0.804. The van der Waals surface area contributed by atoms with Crippen molar-refractivity contribution in [1.29, 1.82) is 0 Å². The van der Waals surface area contributed by atoms with Crippen LogP contribution in [0.5, 0.6) is 0 Å². The zero-order valence-electron chi connectivity index (χ0n) is 12.4. The minimum atomic E-state index is -0.438. The average molecular weight is 275 g/mol. The van der Waals surface area contributed by atoms with Crippen LogP contribution < -0.4 is 5.32 Å². The minimum absolute atomic E-state index is 0.0194. The first kappa shape index (κ1) is 15.0. The molecule has 0 heterocycles. The van der Waals surface area contributed by atoms with Crippen LogP contribution in [0.15, 0.2) is 30.3 Å². The number of amides is 1. The fourth-order valence-corrected chi connectivity index (χ4v) is 2.81. The SMILES string of the molecule is CCC(CC(=O)NC(C)(CO)C1CC1)c1ccccc1. The highest BCUT2D eigenvalue weighted by atomic mass is 16.3. The number of carbonyl (C=O) groups is 1. The monoisotopic (exact) mass is 275 g/mol. The molecule has 2 unspecified atom stereocenters. The molecule has 1 aliphatic rings. The van der Waals surface area contributed by atoms with Gasteiger partial charge in [-0.25, -0.2) is 0 Å². The van der Waals surface area contributed by atoms with E-state index in [1.807, 2.05) is 25.1 Å². The molecule has 0 aromatic heterocycles. The van der Waals surface area contributed by atoms with E-state index in [4.69, 9.17) is 0 Å². The van der Waals surface area contributed by atoms with Crippen LogP contribution in [0.2, 0.25) is 0 Å². The van der Waals surface area contributed by atoms with E-state index in [1.54, 1.807) is 0 Å². The first-order valence-corrected chi connectivity index (χ1v) is 7.56. The number of hydrogen-bond donors (Lipinski definition) is 2. The Balaban J connectivity index is 1.96. The molecule has 20 heavy (non-hydrogen) atoms. The summed E-state index contributed by atoms with van der Waals surface area (Å²) in [6.07, 6.45) is 3.64. The van der Waals surface area contributed by atoms with Crippen LogP contribution in [0.1, 0.15) is 51.0 Å². The molecule has 1 aromatic carbocycles. The van der Waals surface area contributed by atoms with Gasteiger partial charge >= 0.3 is 0 Å². The normalized spacial score (nSPS) is 19.1.